The number of amides is 2. The number of carbonyl (C=O) groups excluding carboxylic acids is 3. The van der Waals surface area contributed by atoms with Crippen LogP contribution in [0.15, 0.2) is 48.5 Å². The van der Waals surface area contributed by atoms with E-state index in [0.717, 1.165) is 41.5 Å². The first-order valence-corrected chi connectivity index (χ1v) is 13.1. The maximum atomic E-state index is 13.7. The molecule has 1 saturated heterocycles. The summed E-state index contributed by atoms with van der Waals surface area (Å²) in [5, 5.41) is 0. The molecule has 5 heteroatoms. The van der Waals surface area contributed by atoms with E-state index in [-0.39, 0.29) is 36.3 Å². The number of ether oxygens (including phenoxy) is 1. The predicted molar refractivity (Wildman–Crippen MR) is 131 cm³/mol. The molecule has 4 aliphatic carbocycles. The Kier molecular flexibility index (Phi) is 5.35. The van der Waals surface area contributed by atoms with Gasteiger partial charge in [0.25, 0.3) is 0 Å². The minimum atomic E-state index is -0.461. The topological polar surface area (TPSA) is 63.7 Å². The zero-order valence-corrected chi connectivity index (χ0v) is 20.6. The average Bonchev–Trinajstić information content (AvgIpc) is 3.09. The van der Waals surface area contributed by atoms with E-state index < -0.39 is 17.8 Å². The van der Waals surface area contributed by atoms with Gasteiger partial charge in [0.1, 0.15) is 12.6 Å². The minimum Gasteiger partial charge on any atom is -0.461 e. The normalized spacial score (nSPS) is 32.9. The van der Waals surface area contributed by atoms with E-state index in [2.05, 4.69) is 45.0 Å². The summed E-state index contributed by atoms with van der Waals surface area (Å²) in [5.74, 6) is -0.883. The van der Waals surface area contributed by atoms with E-state index in [0.29, 0.717) is 17.8 Å². The fraction of sp³-hybridized carbons (Fsp3) is 0.500. The Morgan fingerprint density at radius 3 is 1.83 bits per heavy atom. The van der Waals surface area contributed by atoms with E-state index in [1.165, 1.54) is 4.90 Å². The zero-order valence-electron chi connectivity index (χ0n) is 20.6. The lowest BCUT2D eigenvalue weighted by Crippen LogP contribution is -2.41. The summed E-state index contributed by atoms with van der Waals surface area (Å²) in [6, 6.07) is 16.4. The van der Waals surface area contributed by atoms with Gasteiger partial charge in [0, 0.05) is 11.8 Å². The van der Waals surface area contributed by atoms with E-state index in [9.17, 15) is 14.4 Å². The third-order valence-electron chi connectivity index (χ3n) is 9.07. The molecule has 2 bridgehead atoms. The van der Waals surface area contributed by atoms with Gasteiger partial charge in [-0.05, 0) is 52.8 Å². The van der Waals surface area contributed by atoms with Crippen LogP contribution in [0.25, 0.3) is 0 Å². The van der Waals surface area contributed by atoms with Crippen LogP contribution in [-0.2, 0) is 19.1 Å². The molecule has 35 heavy (non-hydrogen) atoms. The molecule has 2 fully saturated rings. The highest BCUT2D eigenvalue weighted by Gasteiger charge is 2.61. The second kappa shape index (κ2) is 8.32. The highest BCUT2D eigenvalue weighted by Crippen LogP contribution is 2.60. The predicted octanol–water partition coefficient (Wildman–Crippen LogP) is 4.88. The summed E-state index contributed by atoms with van der Waals surface area (Å²) in [5.41, 5.74) is 4.55. The van der Waals surface area contributed by atoms with Crippen LogP contribution in [0.5, 0.6) is 0 Å². The molecule has 5 aliphatic rings. The standard InChI is InChI=1S/C30H33NO4/c1-16(2)18-13-12-17(3)14-23(18)35-24(32)15-31-29(33)27-25-19-8-4-5-9-20(19)26(28(27)30(31)34)22-11-7-6-10-21(22)25/h4-11,16-18,23,25-28H,12-15H2,1-3H3/t17-,18+,23-,25?,26?,27-,28+/m1/s1. The van der Waals surface area contributed by atoms with Crippen molar-refractivity contribution < 1.29 is 19.1 Å². The van der Waals surface area contributed by atoms with Gasteiger partial charge in [0.2, 0.25) is 11.8 Å². The number of hydrogen-bond donors (Lipinski definition) is 0. The molecule has 5 atom stereocenters. The number of likely N-dealkylation sites (tertiary alicyclic amines) is 1. The number of hydrogen-bond acceptors (Lipinski definition) is 4. The molecule has 7 rings (SSSR count). The van der Waals surface area contributed by atoms with Crippen LogP contribution in [0, 0.1) is 29.6 Å². The zero-order chi connectivity index (χ0) is 24.4. The molecule has 1 saturated carbocycles. The minimum absolute atomic E-state index is 0.147. The maximum Gasteiger partial charge on any atom is 0.326 e. The van der Waals surface area contributed by atoms with Gasteiger partial charge in [-0.2, -0.15) is 0 Å². The summed E-state index contributed by atoms with van der Waals surface area (Å²) in [6.45, 7) is 6.25. The molecule has 1 aliphatic heterocycles. The van der Waals surface area contributed by atoms with E-state index in [4.69, 9.17) is 4.74 Å². The number of nitrogens with zero attached hydrogens (tertiary/aromatic N) is 1. The Balaban J connectivity index is 1.28. The Bertz CT molecular complexity index is 1090. The van der Waals surface area contributed by atoms with Gasteiger partial charge in [0.15, 0.2) is 0 Å². The quantitative estimate of drug-likeness (QED) is 0.471. The molecule has 182 valence electrons. The fourth-order valence-corrected chi connectivity index (χ4v) is 7.48. The Hall–Kier alpha value is -2.95. The van der Waals surface area contributed by atoms with Crippen molar-refractivity contribution in [3.05, 3.63) is 70.8 Å². The third kappa shape index (κ3) is 3.38. The van der Waals surface area contributed by atoms with Gasteiger partial charge in [-0.3, -0.25) is 19.3 Å². The summed E-state index contributed by atoms with van der Waals surface area (Å²) >= 11 is 0. The highest BCUT2D eigenvalue weighted by molar-refractivity contribution is 6.09. The van der Waals surface area contributed by atoms with Crippen LogP contribution in [0.1, 0.15) is 74.1 Å². The van der Waals surface area contributed by atoms with Gasteiger partial charge in [-0.15, -0.1) is 0 Å². The molecule has 0 N–H and O–H groups in total. The Morgan fingerprint density at radius 1 is 0.886 bits per heavy atom. The molecular weight excluding hydrogens is 438 g/mol. The second-order valence-corrected chi connectivity index (χ2v) is 11.4. The van der Waals surface area contributed by atoms with Crippen molar-refractivity contribution in [2.24, 2.45) is 29.6 Å². The SMILES string of the molecule is CC(C)[C@@H]1CC[C@@H](C)C[C@H]1OC(=O)CN1C(=O)[C@@H]2C3c4ccccc4C(c4ccccc43)[C@@H]2C1=O. The van der Waals surface area contributed by atoms with Crippen LogP contribution >= 0.6 is 0 Å². The van der Waals surface area contributed by atoms with Crippen LogP contribution in [0.4, 0.5) is 0 Å². The lowest BCUT2D eigenvalue weighted by Gasteiger charge is -2.45. The first-order chi connectivity index (χ1) is 16.9. The maximum absolute atomic E-state index is 13.7. The molecule has 0 spiro atoms. The molecule has 0 radical (unpaired) electrons. The number of rotatable bonds is 4. The number of benzene rings is 2. The van der Waals surface area contributed by atoms with Gasteiger partial charge >= 0.3 is 5.97 Å². The third-order valence-corrected chi connectivity index (χ3v) is 9.07. The van der Waals surface area contributed by atoms with Crippen molar-refractivity contribution in [3.63, 3.8) is 0 Å². The van der Waals surface area contributed by atoms with Crippen LogP contribution < -0.4 is 0 Å². The van der Waals surface area contributed by atoms with Crippen molar-refractivity contribution in [2.45, 2.75) is 58.0 Å². The van der Waals surface area contributed by atoms with Gasteiger partial charge < -0.3 is 4.74 Å². The number of carbonyl (C=O) groups is 3. The van der Waals surface area contributed by atoms with Crippen molar-refractivity contribution in [2.75, 3.05) is 6.54 Å². The molecular formula is C30H33NO4. The summed E-state index contributed by atoms with van der Waals surface area (Å²) in [4.78, 5) is 41.7. The molecule has 0 aromatic heterocycles. The molecule has 2 aromatic carbocycles. The molecule has 2 aromatic rings. The fourth-order valence-electron chi connectivity index (χ4n) is 7.48. The van der Waals surface area contributed by atoms with E-state index >= 15 is 0 Å². The highest BCUT2D eigenvalue weighted by atomic mass is 16.5. The van der Waals surface area contributed by atoms with Gasteiger partial charge in [-0.25, -0.2) is 0 Å². The first kappa shape index (κ1) is 22.5. The number of imide groups is 1. The van der Waals surface area contributed by atoms with Crippen molar-refractivity contribution in [3.8, 4) is 0 Å². The Labute approximate surface area is 206 Å². The number of esters is 1. The summed E-state index contributed by atoms with van der Waals surface area (Å²) < 4.78 is 5.96. The van der Waals surface area contributed by atoms with E-state index in [1.54, 1.807) is 0 Å². The first-order valence-electron chi connectivity index (χ1n) is 13.1. The van der Waals surface area contributed by atoms with Crippen molar-refractivity contribution in [1.29, 1.82) is 0 Å². The van der Waals surface area contributed by atoms with E-state index in [1.807, 2.05) is 24.3 Å². The average molecular weight is 472 g/mol. The van der Waals surface area contributed by atoms with Gasteiger partial charge in [-0.1, -0.05) is 75.7 Å². The monoisotopic (exact) mass is 471 g/mol. The van der Waals surface area contributed by atoms with Crippen molar-refractivity contribution >= 4 is 17.8 Å². The molecule has 0 unspecified atom stereocenters. The van der Waals surface area contributed by atoms with Crippen LogP contribution in [0.2, 0.25) is 0 Å². The van der Waals surface area contributed by atoms with Crippen LogP contribution in [-0.4, -0.2) is 35.3 Å². The molecule has 2 amide bonds. The lowest BCUT2D eigenvalue weighted by atomic mass is 9.55. The van der Waals surface area contributed by atoms with Crippen molar-refractivity contribution in [1.82, 2.24) is 4.90 Å². The largest absolute Gasteiger partial charge is 0.461 e. The van der Waals surface area contributed by atoms with Gasteiger partial charge in [0.05, 0.1) is 11.8 Å². The smallest absolute Gasteiger partial charge is 0.326 e. The lowest BCUT2D eigenvalue weighted by molar-refractivity contribution is -0.161. The Morgan fingerprint density at radius 2 is 1.37 bits per heavy atom. The second-order valence-electron chi connectivity index (χ2n) is 11.4. The molecule has 5 nitrogen and oxygen atoms in total. The molecule has 1 heterocycles. The summed E-state index contributed by atoms with van der Waals surface area (Å²) in [7, 11) is 0. The summed E-state index contributed by atoms with van der Waals surface area (Å²) in [6.07, 6.45) is 2.89. The van der Waals surface area contributed by atoms with Crippen LogP contribution in [0.3, 0.4) is 0 Å².